The van der Waals surface area contributed by atoms with Gasteiger partial charge in [0, 0.05) is 23.1 Å². The Labute approximate surface area is 214 Å². The topological polar surface area (TPSA) is 60.7 Å². The second kappa shape index (κ2) is 12.2. The summed E-state index contributed by atoms with van der Waals surface area (Å²) < 4.78 is 0. The SMILES string of the molecule is C=C(CC(C)(C)C)NC(C)C(C)C1CCC1.Cc1cc(C)cc(Nc2nc(C)c(C)cc2C#N)c1. The summed E-state index contributed by atoms with van der Waals surface area (Å²) in [6.07, 6.45) is 5.36. The highest BCUT2D eigenvalue weighted by Gasteiger charge is 2.28. The Balaban J connectivity index is 0.000000251. The Hall–Kier alpha value is -2.80. The molecule has 4 nitrogen and oxygen atoms in total. The number of aryl methyl sites for hydroxylation is 4. The molecular formula is C31H46N4. The normalized spacial score (nSPS) is 15.1. The number of allylic oxidation sites excluding steroid dienone is 1. The summed E-state index contributed by atoms with van der Waals surface area (Å²) in [5.74, 6) is 2.35. The number of nitrogens with zero attached hydrogens (tertiary/aromatic N) is 2. The molecule has 35 heavy (non-hydrogen) atoms. The molecule has 2 atom stereocenters. The van der Waals surface area contributed by atoms with Crippen molar-refractivity contribution < 1.29 is 0 Å². The number of nitrogens with one attached hydrogen (secondary N) is 2. The van der Waals surface area contributed by atoms with Gasteiger partial charge in [-0.25, -0.2) is 4.98 Å². The molecule has 0 saturated heterocycles. The van der Waals surface area contributed by atoms with Gasteiger partial charge in [0.1, 0.15) is 11.9 Å². The number of benzene rings is 1. The fourth-order valence-electron chi connectivity index (χ4n) is 4.59. The van der Waals surface area contributed by atoms with E-state index in [2.05, 4.69) is 82.8 Å². The standard InChI is InChI=1S/C16H17N3.C15H29N/c1-10-5-11(2)7-15(6-10)19-16-14(9-17)8-12(3)13(4)18-16;1-11(10-15(4,5)6)16-13(3)12(2)14-8-7-9-14/h5-8H,1-4H3,(H,18,19);12-14,16H,1,7-10H2,2-6H3. The average molecular weight is 475 g/mol. The minimum atomic E-state index is 0.337. The van der Waals surface area contributed by atoms with Crippen molar-refractivity contribution in [2.75, 3.05) is 5.32 Å². The van der Waals surface area contributed by atoms with Crippen molar-refractivity contribution >= 4 is 11.5 Å². The smallest absolute Gasteiger partial charge is 0.148 e. The fraction of sp³-hybridized carbons (Fsp3) is 0.548. The third-order valence-electron chi connectivity index (χ3n) is 6.93. The molecule has 0 spiro atoms. The van der Waals surface area contributed by atoms with Crippen LogP contribution in [0.25, 0.3) is 0 Å². The Bertz CT molecular complexity index is 1030. The number of anilines is 2. The lowest BCUT2D eigenvalue weighted by Gasteiger charge is -2.36. The van der Waals surface area contributed by atoms with Crippen LogP contribution in [0, 0.1) is 56.3 Å². The van der Waals surface area contributed by atoms with Crippen molar-refractivity contribution in [2.45, 2.75) is 94.0 Å². The van der Waals surface area contributed by atoms with Crippen LogP contribution < -0.4 is 10.6 Å². The molecule has 1 aromatic carbocycles. The molecule has 1 aromatic heterocycles. The van der Waals surface area contributed by atoms with Crippen molar-refractivity contribution in [3.63, 3.8) is 0 Å². The van der Waals surface area contributed by atoms with Crippen molar-refractivity contribution in [1.82, 2.24) is 10.3 Å². The zero-order valence-corrected chi connectivity index (χ0v) is 23.5. The van der Waals surface area contributed by atoms with Crippen LogP contribution in [0.1, 0.15) is 88.2 Å². The van der Waals surface area contributed by atoms with Gasteiger partial charge < -0.3 is 10.6 Å². The summed E-state index contributed by atoms with van der Waals surface area (Å²) in [5.41, 5.74) is 7.41. The zero-order chi connectivity index (χ0) is 26.3. The van der Waals surface area contributed by atoms with E-state index in [1.54, 1.807) is 0 Å². The van der Waals surface area contributed by atoms with Gasteiger partial charge in [-0.15, -0.1) is 0 Å². The van der Waals surface area contributed by atoms with Crippen LogP contribution >= 0.6 is 0 Å². The summed E-state index contributed by atoms with van der Waals surface area (Å²) in [4.78, 5) is 4.46. The molecule has 0 amide bonds. The molecule has 2 aromatic rings. The van der Waals surface area contributed by atoms with Crippen LogP contribution in [0.2, 0.25) is 0 Å². The minimum Gasteiger partial charge on any atom is -0.386 e. The Kier molecular flexibility index (Phi) is 9.95. The molecule has 1 fully saturated rings. The number of hydrogen-bond donors (Lipinski definition) is 2. The second-order valence-corrected chi connectivity index (χ2v) is 11.7. The predicted octanol–water partition coefficient (Wildman–Crippen LogP) is 8.28. The van der Waals surface area contributed by atoms with Crippen molar-refractivity contribution in [3.05, 3.63) is 64.5 Å². The third kappa shape index (κ3) is 9.06. The Morgan fingerprint density at radius 1 is 1.09 bits per heavy atom. The van der Waals surface area contributed by atoms with Crippen molar-refractivity contribution in [3.8, 4) is 6.07 Å². The van der Waals surface area contributed by atoms with Crippen LogP contribution in [-0.4, -0.2) is 11.0 Å². The van der Waals surface area contributed by atoms with E-state index in [4.69, 9.17) is 0 Å². The molecular weight excluding hydrogens is 428 g/mol. The van der Waals surface area contributed by atoms with E-state index in [1.165, 1.54) is 36.1 Å². The van der Waals surface area contributed by atoms with E-state index in [9.17, 15) is 5.26 Å². The first-order valence-corrected chi connectivity index (χ1v) is 13.0. The van der Waals surface area contributed by atoms with E-state index in [0.717, 1.165) is 35.2 Å². The first kappa shape index (κ1) is 28.4. The largest absolute Gasteiger partial charge is 0.386 e. The van der Waals surface area contributed by atoms with E-state index < -0.39 is 0 Å². The average Bonchev–Trinajstić information content (AvgIpc) is 2.67. The monoisotopic (exact) mass is 474 g/mol. The minimum absolute atomic E-state index is 0.337. The lowest BCUT2D eigenvalue weighted by atomic mass is 9.74. The number of aromatic nitrogens is 1. The van der Waals surface area contributed by atoms with E-state index in [-0.39, 0.29) is 0 Å². The maximum atomic E-state index is 9.19. The maximum absolute atomic E-state index is 9.19. The Morgan fingerprint density at radius 2 is 1.69 bits per heavy atom. The summed E-state index contributed by atoms with van der Waals surface area (Å²) in [7, 11) is 0. The van der Waals surface area contributed by atoms with E-state index in [1.807, 2.05) is 32.0 Å². The van der Waals surface area contributed by atoms with E-state index >= 15 is 0 Å². The molecule has 1 saturated carbocycles. The molecule has 1 heterocycles. The maximum Gasteiger partial charge on any atom is 0.148 e. The number of pyridine rings is 1. The fourth-order valence-corrected chi connectivity index (χ4v) is 4.59. The van der Waals surface area contributed by atoms with Crippen LogP contribution in [0.5, 0.6) is 0 Å². The molecule has 3 rings (SSSR count). The summed E-state index contributed by atoms with van der Waals surface area (Å²) in [6.45, 7) is 23.6. The lowest BCUT2D eigenvalue weighted by molar-refractivity contribution is 0.185. The molecule has 190 valence electrons. The van der Waals surface area contributed by atoms with E-state index in [0.29, 0.717) is 22.8 Å². The van der Waals surface area contributed by atoms with Gasteiger partial charge in [0.05, 0.1) is 5.56 Å². The first-order valence-electron chi connectivity index (χ1n) is 13.0. The molecule has 0 bridgehead atoms. The van der Waals surface area contributed by atoms with Gasteiger partial charge in [-0.2, -0.15) is 5.26 Å². The van der Waals surface area contributed by atoms with Crippen LogP contribution in [0.4, 0.5) is 11.5 Å². The highest BCUT2D eigenvalue weighted by molar-refractivity contribution is 5.64. The Morgan fingerprint density at radius 3 is 2.17 bits per heavy atom. The summed E-state index contributed by atoms with van der Waals surface area (Å²) in [6, 6.07) is 10.8. The molecule has 0 aliphatic heterocycles. The quantitative estimate of drug-likeness (QED) is 0.424. The number of nitriles is 1. The van der Waals surface area contributed by atoms with Gasteiger partial charge >= 0.3 is 0 Å². The summed E-state index contributed by atoms with van der Waals surface area (Å²) in [5, 5.41) is 16.0. The highest BCUT2D eigenvalue weighted by Crippen LogP contribution is 2.35. The molecule has 1 aliphatic rings. The second-order valence-electron chi connectivity index (χ2n) is 11.7. The number of rotatable bonds is 7. The third-order valence-corrected chi connectivity index (χ3v) is 6.93. The van der Waals surface area contributed by atoms with Gasteiger partial charge in [-0.1, -0.05) is 59.6 Å². The van der Waals surface area contributed by atoms with Crippen LogP contribution in [0.3, 0.4) is 0 Å². The van der Waals surface area contributed by atoms with Crippen molar-refractivity contribution in [1.29, 1.82) is 5.26 Å². The van der Waals surface area contributed by atoms with Gasteiger partial charge in [0.2, 0.25) is 0 Å². The van der Waals surface area contributed by atoms with Crippen LogP contribution in [-0.2, 0) is 0 Å². The molecule has 2 unspecified atom stereocenters. The molecule has 4 heteroatoms. The van der Waals surface area contributed by atoms with Gasteiger partial charge in [-0.3, -0.25) is 0 Å². The summed E-state index contributed by atoms with van der Waals surface area (Å²) >= 11 is 0. The molecule has 0 radical (unpaired) electrons. The number of hydrogen-bond acceptors (Lipinski definition) is 4. The van der Waals surface area contributed by atoms with Gasteiger partial charge in [-0.05, 0) is 93.2 Å². The van der Waals surface area contributed by atoms with Crippen molar-refractivity contribution in [2.24, 2.45) is 17.3 Å². The first-order chi connectivity index (χ1) is 16.3. The zero-order valence-electron chi connectivity index (χ0n) is 23.5. The molecule has 1 aliphatic carbocycles. The van der Waals surface area contributed by atoms with Crippen LogP contribution in [0.15, 0.2) is 36.5 Å². The predicted molar refractivity (Wildman–Crippen MR) is 150 cm³/mol. The van der Waals surface area contributed by atoms with Gasteiger partial charge in [0.15, 0.2) is 0 Å². The highest BCUT2D eigenvalue weighted by atomic mass is 15.0. The molecule has 2 N–H and O–H groups in total. The lowest BCUT2D eigenvalue weighted by Crippen LogP contribution is -2.38. The van der Waals surface area contributed by atoms with Gasteiger partial charge in [0.25, 0.3) is 0 Å².